The van der Waals surface area contributed by atoms with Gasteiger partial charge in [-0.1, -0.05) is 12.1 Å². The van der Waals surface area contributed by atoms with E-state index < -0.39 is 5.91 Å². The Morgan fingerprint density at radius 1 is 1.53 bits per heavy atom. The summed E-state index contributed by atoms with van der Waals surface area (Å²) in [5.74, 6) is 0.195. The summed E-state index contributed by atoms with van der Waals surface area (Å²) in [5.41, 5.74) is 6.16. The molecule has 4 nitrogen and oxygen atoms in total. The zero-order chi connectivity index (χ0) is 10.8. The largest absolute Gasteiger partial charge is 0.458 e. The lowest BCUT2D eigenvalue weighted by Crippen LogP contribution is -2.10. The molecule has 0 unspecified atom stereocenters. The van der Waals surface area contributed by atoms with Crippen LogP contribution in [0.1, 0.15) is 16.1 Å². The number of carbonyl (C=O) groups is 1. The number of fused-ring (bicyclic) bond motifs is 1. The molecule has 15 heavy (non-hydrogen) atoms. The smallest absolute Gasteiger partial charge is 0.252 e. The second-order valence-electron chi connectivity index (χ2n) is 3.23. The molecule has 0 aliphatic carbocycles. The van der Waals surface area contributed by atoms with Crippen molar-refractivity contribution in [1.82, 2.24) is 0 Å². The third-order valence-corrected chi connectivity index (χ3v) is 2.15. The maximum absolute atomic E-state index is 11.1. The number of nitrogens with two attached hydrogens (primary N) is 1. The molecule has 1 heterocycles. The lowest BCUT2D eigenvalue weighted by atomic mass is 10.1. The number of methoxy groups -OCH3 is 1. The number of para-hydroxylation sites is 1. The lowest BCUT2D eigenvalue weighted by Gasteiger charge is -1.95. The van der Waals surface area contributed by atoms with Gasteiger partial charge in [0.1, 0.15) is 18.0 Å². The molecular formula is C11H11NO3. The van der Waals surface area contributed by atoms with Crippen LogP contribution in [0.25, 0.3) is 11.0 Å². The molecule has 0 saturated carbocycles. The average molecular weight is 205 g/mol. The van der Waals surface area contributed by atoms with Gasteiger partial charge in [-0.2, -0.15) is 0 Å². The second kappa shape index (κ2) is 3.74. The van der Waals surface area contributed by atoms with E-state index >= 15 is 0 Å². The zero-order valence-corrected chi connectivity index (χ0v) is 8.32. The molecule has 2 aromatic rings. The summed E-state index contributed by atoms with van der Waals surface area (Å²) in [6, 6.07) is 7.12. The van der Waals surface area contributed by atoms with Crippen LogP contribution in [-0.4, -0.2) is 13.0 Å². The van der Waals surface area contributed by atoms with Crippen LogP contribution in [0, 0.1) is 0 Å². The van der Waals surface area contributed by atoms with Crippen molar-refractivity contribution in [2.75, 3.05) is 7.11 Å². The van der Waals surface area contributed by atoms with Crippen LogP contribution in [0.15, 0.2) is 28.7 Å². The minimum atomic E-state index is -0.487. The molecule has 0 fully saturated rings. The highest BCUT2D eigenvalue weighted by Crippen LogP contribution is 2.23. The highest BCUT2D eigenvalue weighted by Gasteiger charge is 2.11. The van der Waals surface area contributed by atoms with Crippen LogP contribution in [0.4, 0.5) is 0 Å². The molecule has 0 radical (unpaired) electrons. The summed E-state index contributed by atoms with van der Waals surface area (Å²) >= 11 is 0. The molecular weight excluding hydrogens is 194 g/mol. The van der Waals surface area contributed by atoms with E-state index in [1.165, 1.54) is 0 Å². The molecule has 0 saturated heterocycles. The Hall–Kier alpha value is -1.81. The van der Waals surface area contributed by atoms with Crippen molar-refractivity contribution in [2.24, 2.45) is 5.73 Å². The Morgan fingerprint density at radius 2 is 2.33 bits per heavy atom. The number of ether oxygens (including phenoxy) is 1. The van der Waals surface area contributed by atoms with Crippen LogP contribution >= 0.6 is 0 Å². The van der Waals surface area contributed by atoms with Crippen LogP contribution < -0.4 is 5.73 Å². The fourth-order valence-corrected chi connectivity index (χ4v) is 1.52. The van der Waals surface area contributed by atoms with Gasteiger partial charge in [-0.15, -0.1) is 0 Å². The maximum atomic E-state index is 11.1. The Labute approximate surface area is 86.6 Å². The van der Waals surface area contributed by atoms with Crippen molar-refractivity contribution >= 4 is 16.9 Å². The average Bonchev–Trinajstić information content (AvgIpc) is 2.59. The third-order valence-electron chi connectivity index (χ3n) is 2.15. The molecule has 1 aromatic heterocycles. The van der Waals surface area contributed by atoms with E-state index in [2.05, 4.69) is 0 Å². The minimum Gasteiger partial charge on any atom is -0.458 e. The number of benzene rings is 1. The predicted molar refractivity (Wildman–Crippen MR) is 55.4 cm³/mol. The summed E-state index contributed by atoms with van der Waals surface area (Å²) in [5, 5.41) is 0.860. The van der Waals surface area contributed by atoms with Gasteiger partial charge in [-0.25, -0.2) is 0 Å². The summed E-state index contributed by atoms with van der Waals surface area (Å²) in [6.07, 6.45) is 0. The molecule has 2 N–H and O–H groups in total. The number of rotatable bonds is 3. The van der Waals surface area contributed by atoms with E-state index in [9.17, 15) is 4.79 Å². The topological polar surface area (TPSA) is 65.5 Å². The van der Waals surface area contributed by atoms with Crippen molar-refractivity contribution in [3.05, 3.63) is 35.6 Å². The van der Waals surface area contributed by atoms with E-state index in [0.717, 1.165) is 5.39 Å². The SMILES string of the molecule is COCc1cc2cccc(C(N)=O)c2o1. The second-order valence-corrected chi connectivity index (χ2v) is 3.23. The third kappa shape index (κ3) is 1.71. The maximum Gasteiger partial charge on any atom is 0.252 e. The van der Waals surface area contributed by atoms with Crippen molar-refractivity contribution in [2.45, 2.75) is 6.61 Å². The first-order valence-corrected chi connectivity index (χ1v) is 4.52. The van der Waals surface area contributed by atoms with Crippen molar-refractivity contribution < 1.29 is 13.9 Å². The highest BCUT2D eigenvalue weighted by atomic mass is 16.5. The Morgan fingerprint density at radius 3 is 3.00 bits per heavy atom. The Bertz CT molecular complexity index is 502. The van der Waals surface area contributed by atoms with Gasteiger partial charge >= 0.3 is 0 Å². The zero-order valence-electron chi connectivity index (χ0n) is 8.32. The van der Waals surface area contributed by atoms with Gasteiger partial charge in [0.25, 0.3) is 5.91 Å². The molecule has 1 amide bonds. The first-order valence-electron chi connectivity index (χ1n) is 4.52. The monoisotopic (exact) mass is 205 g/mol. The predicted octanol–water partition coefficient (Wildman–Crippen LogP) is 1.68. The van der Waals surface area contributed by atoms with Gasteiger partial charge in [-0.05, 0) is 12.1 Å². The summed E-state index contributed by atoms with van der Waals surface area (Å²) in [7, 11) is 1.59. The summed E-state index contributed by atoms with van der Waals surface area (Å²) in [6.45, 7) is 0.382. The molecule has 0 bridgehead atoms. The molecule has 2 rings (SSSR count). The molecule has 0 spiro atoms. The van der Waals surface area contributed by atoms with E-state index in [4.69, 9.17) is 14.9 Å². The van der Waals surface area contributed by atoms with Crippen molar-refractivity contribution in [3.63, 3.8) is 0 Å². The number of amides is 1. The van der Waals surface area contributed by atoms with Gasteiger partial charge in [0, 0.05) is 12.5 Å². The van der Waals surface area contributed by atoms with Gasteiger partial charge in [0.2, 0.25) is 0 Å². The molecule has 0 aliphatic heterocycles. The van der Waals surface area contributed by atoms with Crippen molar-refractivity contribution in [3.8, 4) is 0 Å². The molecule has 1 aromatic carbocycles. The first kappa shape index (κ1) is 9.73. The van der Waals surface area contributed by atoms with E-state index in [1.54, 1.807) is 19.2 Å². The normalized spacial score (nSPS) is 10.7. The van der Waals surface area contributed by atoms with Gasteiger partial charge in [0.05, 0.1) is 5.56 Å². The molecule has 0 aliphatic rings. The molecule has 78 valence electrons. The Kier molecular flexibility index (Phi) is 2.43. The number of carbonyl (C=O) groups excluding carboxylic acids is 1. The quantitative estimate of drug-likeness (QED) is 0.828. The van der Waals surface area contributed by atoms with E-state index in [0.29, 0.717) is 23.5 Å². The highest BCUT2D eigenvalue weighted by molar-refractivity contribution is 6.04. The standard InChI is InChI=1S/C11H11NO3/c1-14-6-8-5-7-3-2-4-9(11(12)13)10(7)15-8/h2-5H,6H2,1H3,(H2,12,13). The van der Waals surface area contributed by atoms with Crippen LogP contribution in [0.2, 0.25) is 0 Å². The number of hydrogen-bond acceptors (Lipinski definition) is 3. The number of furan rings is 1. The first-order chi connectivity index (χ1) is 7.22. The lowest BCUT2D eigenvalue weighted by molar-refractivity contribution is 0.100. The van der Waals surface area contributed by atoms with Gasteiger partial charge in [0.15, 0.2) is 0 Å². The van der Waals surface area contributed by atoms with Crippen LogP contribution in [0.3, 0.4) is 0 Å². The van der Waals surface area contributed by atoms with Crippen LogP contribution in [-0.2, 0) is 11.3 Å². The fourth-order valence-electron chi connectivity index (χ4n) is 1.52. The van der Waals surface area contributed by atoms with E-state index in [1.807, 2.05) is 12.1 Å². The van der Waals surface area contributed by atoms with Crippen LogP contribution in [0.5, 0.6) is 0 Å². The van der Waals surface area contributed by atoms with E-state index in [-0.39, 0.29) is 0 Å². The fraction of sp³-hybridized carbons (Fsp3) is 0.182. The number of primary amides is 1. The molecule has 0 atom stereocenters. The van der Waals surface area contributed by atoms with Gasteiger partial charge in [-0.3, -0.25) is 4.79 Å². The Balaban J connectivity index is 2.59. The summed E-state index contributed by atoms with van der Waals surface area (Å²) in [4.78, 5) is 11.1. The van der Waals surface area contributed by atoms with Crippen molar-refractivity contribution in [1.29, 1.82) is 0 Å². The molecule has 4 heteroatoms. The number of hydrogen-bond donors (Lipinski definition) is 1. The minimum absolute atomic E-state index is 0.382. The summed E-state index contributed by atoms with van der Waals surface area (Å²) < 4.78 is 10.4. The van der Waals surface area contributed by atoms with Gasteiger partial charge < -0.3 is 14.9 Å².